The van der Waals surface area contributed by atoms with Gasteiger partial charge in [0, 0.05) is 19.0 Å². The van der Waals surface area contributed by atoms with E-state index in [4.69, 9.17) is 5.11 Å². The van der Waals surface area contributed by atoms with E-state index in [0.717, 1.165) is 19.3 Å². The van der Waals surface area contributed by atoms with Gasteiger partial charge in [0.15, 0.2) is 0 Å². The summed E-state index contributed by atoms with van der Waals surface area (Å²) in [6.45, 7) is 8.55. The van der Waals surface area contributed by atoms with Crippen molar-refractivity contribution in [2.75, 3.05) is 6.54 Å². The summed E-state index contributed by atoms with van der Waals surface area (Å²) in [6, 6.07) is -0.0619. The van der Waals surface area contributed by atoms with E-state index in [1.54, 1.807) is 0 Å². The summed E-state index contributed by atoms with van der Waals surface area (Å²) in [5, 5.41) is 14.5. The summed E-state index contributed by atoms with van der Waals surface area (Å²) in [6.07, 6.45) is 2.87. The minimum absolute atomic E-state index is 0.00951. The number of amides is 2. The van der Waals surface area contributed by atoms with Gasteiger partial charge in [-0.2, -0.15) is 0 Å². The standard InChI is InChI=1S/C14H28N2O3/c1-5-6-11(4)16-14(19)15-9-12(7-10(2)3)8-13(17)18/h10-12H,5-9H2,1-4H3,(H,17,18)(H2,15,16,19)/t11?,12-/m0/s1. The van der Waals surface area contributed by atoms with Crippen LogP contribution in [0.1, 0.15) is 53.4 Å². The van der Waals surface area contributed by atoms with Crippen LogP contribution in [-0.2, 0) is 4.79 Å². The molecule has 0 aromatic carbocycles. The van der Waals surface area contributed by atoms with Gasteiger partial charge >= 0.3 is 12.0 Å². The maximum absolute atomic E-state index is 11.6. The Hall–Kier alpha value is -1.26. The number of rotatable bonds is 9. The molecule has 0 bridgehead atoms. The molecule has 5 heteroatoms. The van der Waals surface area contributed by atoms with Crippen molar-refractivity contribution in [2.24, 2.45) is 11.8 Å². The SMILES string of the molecule is CCCC(C)NC(=O)NC[C@H](CC(=O)O)CC(C)C. The number of carbonyl (C=O) groups excluding carboxylic acids is 1. The lowest BCUT2D eigenvalue weighted by Gasteiger charge is -2.19. The average Bonchev–Trinajstić information content (AvgIpc) is 2.24. The first kappa shape index (κ1) is 17.7. The molecule has 0 radical (unpaired) electrons. The third-order valence-corrected chi connectivity index (χ3v) is 2.92. The van der Waals surface area contributed by atoms with E-state index in [9.17, 15) is 9.59 Å². The van der Waals surface area contributed by atoms with Crippen molar-refractivity contribution >= 4 is 12.0 Å². The Kier molecular flexibility index (Phi) is 9.00. The molecular weight excluding hydrogens is 244 g/mol. The van der Waals surface area contributed by atoms with Gasteiger partial charge in [0.2, 0.25) is 0 Å². The van der Waals surface area contributed by atoms with Crippen molar-refractivity contribution in [1.29, 1.82) is 0 Å². The summed E-state index contributed by atoms with van der Waals surface area (Å²) in [4.78, 5) is 22.4. The molecule has 0 fully saturated rings. The second kappa shape index (κ2) is 9.64. The number of carboxylic acids is 1. The van der Waals surface area contributed by atoms with Crippen molar-refractivity contribution < 1.29 is 14.7 Å². The van der Waals surface area contributed by atoms with Gasteiger partial charge in [0.1, 0.15) is 0 Å². The Labute approximate surface area is 116 Å². The molecule has 3 N–H and O–H groups in total. The molecule has 0 rings (SSSR count). The van der Waals surface area contributed by atoms with Crippen LogP contribution in [0.2, 0.25) is 0 Å². The molecule has 2 amide bonds. The molecule has 0 aliphatic rings. The van der Waals surface area contributed by atoms with Gasteiger partial charge in [0.05, 0.1) is 0 Å². The van der Waals surface area contributed by atoms with Crippen LogP contribution in [0.15, 0.2) is 0 Å². The molecule has 0 aliphatic heterocycles. The van der Waals surface area contributed by atoms with Gasteiger partial charge in [-0.15, -0.1) is 0 Å². The van der Waals surface area contributed by atoms with Crippen molar-refractivity contribution in [3.63, 3.8) is 0 Å². The van der Waals surface area contributed by atoms with Crippen molar-refractivity contribution in [3.8, 4) is 0 Å². The van der Waals surface area contributed by atoms with E-state index in [-0.39, 0.29) is 24.4 Å². The zero-order valence-electron chi connectivity index (χ0n) is 12.5. The Bertz CT molecular complexity index is 280. The van der Waals surface area contributed by atoms with Crippen molar-refractivity contribution in [2.45, 2.75) is 59.4 Å². The number of aliphatic carboxylic acids is 1. The third kappa shape index (κ3) is 10.4. The van der Waals surface area contributed by atoms with Gasteiger partial charge in [-0.1, -0.05) is 27.2 Å². The van der Waals surface area contributed by atoms with Gasteiger partial charge in [-0.25, -0.2) is 4.79 Å². The van der Waals surface area contributed by atoms with Crippen LogP contribution < -0.4 is 10.6 Å². The molecule has 2 atom stereocenters. The van der Waals surface area contributed by atoms with Crippen LogP contribution in [0.5, 0.6) is 0 Å². The molecule has 0 saturated heterocycles. The highest BCUT2D eigenvalue weighted by Crippen LogP contribution is 2.14. The largest absolute Gasteiger partial charge is 0.481 e. The van der Waals surface area contributed by atoms with Gasteiger partial charge < -0.3 is 15.7 Å². The quantitative estimate of drug-likeness (QED) is 0.603. The Balaban J connectivity index is 4.08. The molecule has 0 aromatic heterocycles. The van der Waals surface area contributed by atoms with Crippen LogP contribution in [0.25, 0.3) is 0 Å². The first-order valence-electron chi connectivity index (χ1n) is 7.11. The van der Waals surface area contributed by atoms with Gasteiger partial charge in [-0.3, -0.25) is 4.79 Å². The van der Waals surface area contributed by atoms with E-state index in [1.165, 1.54) is 0 Å². The summed E-state index contributed by atoms with van der Waals surface area (Å²) >= 11 is 0. The maximum atomic E-state index is 11.6. The predicted molar refractivity (Wildman–Crippen MR) is 76.1 cm³/mol. The molecule has 0 aliphatic carbocycles. The summed E-state index contributed by atoms with van der Waals surface area (Å²) in [5.74, 6) is -0.398. The first-order valence-corrected chi connectivity index (χ1v) is 7.11. The van der Waals surface area contributed by atoms with E-state index >= 15 is 0 Å². The number of hydrogen-bond donors (Lipinski definition) is 3. The first-order chi connectivity index (χ1) is 8.85. The van der Waals surface area contributed by atoms with E-state index in [2.05, 4.69) is 31.4 Å². The number of hydrogen-bond acceptors (Lipinski definition) is 2. The monoisotopic (exact) mass is 272 g/mol. The lowest BCUT2D eigenvalue weighted by molar-refractivity contribution is -0.138. The number of carbonyl (C=O) groups is 2. The number of carboxylic acid groups (broad SMARTS) is 1. The molecule has 0 heterocycles. The Morgan fingerprint density at radius 2 is 1.84 bits per heavy atom. The maximum Gasteiger partial charge on any atom is 0.315 e. The van der Waals surface area contributed by atoms with Gasteiger partial charge in [0.25, 0.3) is 0 Å². The highest BCUT2D eigenvalue weighted by molar-refractivity contribution is 5.74. The fourth-order valence-electron chi connectivity index (χ4n) is 2.17. The molecule has 1 unspecified atom stereocenters. The van der Waals surface area contributed by atoms with Crippen LogP contribution in [0, 0.1) is 11.8 Å². The molecule has 0 aromatic rings. The molecule has 0 saturated carbocycles. The normalized spacial score (nSPS) is 13.9. The molecular formula is C14H28N2O3. The molecule has 19 heavy (non-hydrogen) atoms. The van der Waals surface area contributed by atoms with E-state index in [0.29, 0.717) is 12.5 Å². The molecule has 0 spiro atoms. The second-order valence-corrected chi connectivity index (χ2v) is 5.64. The third-order valence-electron chi connectivity index (χ3n) is 2.92. The van der Waals surface area contributed by atoms with E-state index in [1.807, 2.05) is 6.92 Å². The highest BCUT2D eigenvalue weighted by Gasteiger charge is 2.16. The van der Waals surface area contributed by atoms with Gasteiger partial charge in [-0.05, 0) is 31.6 Å². The Morgan fingerprint density at radius 3 is 2.32 bits per heavy atom. The highest BCUT2D eigenvalue weighted by atomic mass is 16.4. The number of nitrogens with one attached hydrogen (secondary N) is 2. The minimum atomic E-state index is -0.813. The fraction of sp³-hybridized carbons (Fsp3) is 0.857. The second-order valence-electron chi connectivity index (χ2n) is 5.64. The molecule has 112 valence electrons. The summed E-state index contributed by atoms with van der Waals surface area (Å²) in [5.41, 5.74) is 0. The predicted octanol–water partition coefficient (Wildman–Crippen LogP) is 2.61. The molecule has 5 nitrogen and oxygen atoms in total. The Morgan fingerprint density at radius 1 is 1.21 bits per heavy atom. The fourth-order valence-corrected chi connectivity index (χ4v) is 2.17. The average molecular weight is 272 g/mol. The summed E-state index contributed by atoms with van der Waals surface area (Å²) in [7, 11) is 0. The van der Waals surface area contributed by atoms with Crippen LogP contribution in [0.3, 0.4) is 0 Å². The number of urea groups is 1. The topological polar surface area (TPSA) is 78.4 Å². The van der Waals surface area contributed by atoms with Crippen LogP contribution >= 0.6 is 0 Å². The van der Waals surface area contributed by atoms with Crippen LogP contribution in [0.4, 0.5) is 4.79 Å². The van der Waals surface area contributed by atoms with E-state index < -0.39 is 5.97 Å². The van der Waals surface area contributed by atoms with Crippen molar-refractivity contribution in [3.05, 3.63) is 0 Å². The zero-order chi connectivity index (χ0) is 14.8. The summed E-state index contributed by atoms with van der Waals surface area (Å²) < 4.78 is 0. The zero-order valence-corrected chi connectivity index (χ0v) is 12.5. The van der Waals surface area contributed by atoms with Crippen LogP contribution in [-0.4, -0.2) is 29.7 Å². The lowest BCUT2D eigenvalue weighted by atomic mass is 9.94. The smallest absolute Gasteiger partial charge is 0.315 e. The lowest BCUT2D eigenvalue weighted by Crippen LogP contribution is -2.42. The van der Waals surface area contributed by atoms with Crippen molar-refractivity contribution in [1.82, 2.24) is 10.6 Å². The minimum Gasteiger partial charge on any atom is -0.481 e.